The summed E-state index contributed by atoms with van der Waals surface area (Å²) < 4.78 is 0. The van der Waals surface area contributed by atoms with Crippen molar-refractivity contribution in [3.8, 4) is 11.5 Å². The van der Waals surface area contributed by atoms with E-state index in [1.807, 2.05) is 30.3 Å². The first-order chi connectivity index (χ1) is 9.06. The minimum absolute atomic E-state index is 0. The molecule has 20 heavy (non-hydrogen) atoms. The van der Waals surface area contributed by atoms with Gasteiger partial charge in [-0.05, 0) is 23.3 Å². The first kappa shape index (κ1) is 16.3. The number of aromatic hydroxyl groups is 2. The zero-order chi connectivity index (χ0) is 13.8. The standard InChI is InChI=1S/C15H17NO3.ClH/c16-15(11-7-12(17)9-13(18)8-11)14(19)6-10-4-2-1-3-5-10;/h1-5,7-9,14-15,17-19H,6,16H2;1H/t14-,15+;/m1./s1. The van der Waals surface area contributed by atoms with Crippen LogP contribution < -0.4 is 5.73 Å². The molecular formula is C15H18ClNO3. The summed E-state index contributed by atoms with van der Waals surface area (Å²) in [5, 5.41) is 29.0. The molecule has 0 unspecified atom stereocenters. The molecule has 0 aromatic heterocycles. The van der Waals surface area contributed by atoms with Crippen LogP contribution in [-0.4, -0.2) is 21.4 Å². The third-order valence-corrected chi connectivity index (χ3v) is 3.01. The van der Waals surface area contributed by atoms with Gasteiger partial charge in [-0.2, -0.15) is 0 Å². The van der Waals surface area contributed by atoms with E-state index in [1.54, 1.807) is 0 Å². The Hall–Kier alpha value is -1.75. The highest BCUT2D eigenvalue weighted by Crippen LogP contribution is 2.26. The molecule has 2 atom stereocenters. The molecule has 0 bridgehead atoms. The SMILES string of the molecule is Cl.N[C@@H](c1cc(O)cc(O)c1)[C@H](O)Cc1ccccc1. The van der Waals surface area contributed by atoms with Crippen molar-refractivity contribution in [3.05, 3.63) is 59.7 Å². The molecule has 0 saturated carbocycles. The zero-order valence-electron chi connectivity index (χ0n) is 10.8. The van der Waals surface area contributed by atoms with Gasteiger partial charge in [-0.15, -0.1) is 12.4 Å². The van der Waals surface area contributed by atoms with Crippen LogP contribution in [0.5, 0.6) is 11.5 Å². The fourth-order valence-electron chi connectivity index (χ4n) is 2.02. The van der Waals surface area contributed by atoms with Gasteiger partial charge in [-0.1, -0.05) is 30.3 Å². The molecular weight excluding hydrogens is 278 g/mol. The molecule has 108 valence electrons. The Morgan fingerprint density at radius 3 is 2.05 bits per heavy atom. The minimum atomic E-state index is -0.788. The molecule has 5 N–H and O–H groups in total. The quantitative estimate of drug-likeness (QED) is 0.696. The molecule has 0 saturated heterocycles. The topological polar surface area (TPSA) is 86.7 Å². The Balaban J connectivity index is 0.00000200. The van der Waals surface area contributed by atoms with Crippen LogP contribution in [0.2, 0.25) is 0 Å². The fourth-order valence-corrected chi connectivity index (χ4v) is 2.02. The number of hydrogen-bond acceptors (Lipinski definition) is 4. The third-order valence-electron chi connectivity index (χ3n) is 3.01. The summed E-state index contributed by atoms with van der Waals surface area (Å²) in [6.07, 6.45) is -0.373. The first-order valence-corrected chi connectivity index (χ1v) is 6.07. The normalized spacial score (nSPS) is 13.3. The van der Waals surface area contributed by atoms with E-state index >= 15 is 0 Å². The summed E-state index contributed by atoms with van der Waals surface area (Å²) >= 11 is 0. The van der Waals surface area contributed by atoms with Crippen molar-refractivity contribution in [1.29, 1.82) is 0 Å². The molecule has 0 amide bonds. The number of nitrogens with two attached hydrogens (primary N) is 1. The molecule has 0 heterocycles. The fraction of sp³-hybridized carbons (Fsp3) is 0.200. The van der Waals surface area contributed by atoms with Gasteiger partial charge >= 0.3 is 0 Å². The van der Waals surface area contributed by atoms with Gasteiger partial charge in [0.25, 0.3) is 0 Å². The predicted octanol–water partition coefficient (Wildman–Crippen LogP) is 2.12. The average molecular weight is 296 g/mol. The van der Waals surface area contributed by atoms with E-state index in [0.717, 1.165) is 5.56 Å². The Labute approximate surface area is 123 Å². The molecule has 2 aromatic carbocycles. The molecule has 0 spiro atoms. The largest absolute Gasteiger partial charge is 0.508 e. The van der Waals surface area contributed by atoms with Crippen molar-refractivity contribution >= 4 is 12.4 Å². The van der Waals surface area contributed by atoms with E-state index < -0.39 is 12.1 Å². The summed E-state index contributed by atoms with van der Waals surface area (Å²) in [5.41, 5.74) is 7.43. The highest BCUT2D eigenvalue weighted by molar-refractivity contribution is 5.85. The van der Waals surface area contributed by atoms with Crippen molar-refractivity contribution in [2.75, 3.05) is 0 Å². The van der Waals surface area contributed by atoms with Crippen LogP contribution in [0.4, 0.5) is 0 Å². The average Bonchev–Trinajstić information content (AvgIpc) is 2.37. The molecule has 0 aliphatic carbocycles. The summed E-state index contributed by atoms with van der Waals surface area (Å²) in [6.45, 7) is 0. The van der Waals surface area contributed by atoms with Crippen molar-refractivity contribution in [2.45, 2.75) is 18.6 Å². The van der Waals surface area contributed by atoms with E-state index in [1.165, 1.54) is 18.2 Å². The zero-order valence-corrected chi connectivity index (χ0v) is 11.6. The molecule has 5 heteroatoms. The van der Waals surface area contributed by atoms with Crippen molar-refractivity contribution in [1.82, 2.24) is 0 Å². The Morgan fingerprint density at radius 2 is 1.50 bits per heavy atom. The van der Waals surface area contributed by atoms with Crippen LogP contribution in [-0.2, 0) is 6.42 Å². The van der Waals surface area contributed by atoms with Gasteiger partial charge in [0.2, 0.25) is 0 Å². The number of halogens is 1. The van der Waals surface area contributed by atoms with E-state index in [4.69, 9.17) is 5.73 Å². The lowest BCUT2D eigenvalue weighted by Gasteiger charge is -2.19. The number of aliphatic hydroxyl groups is 1. The van der Waals surface area contributed by atoms with E-state index in [-0.39, 0.29) is 23.9 Å². The number of phenols is 2. The van der Waals surface area contributed by atoms with Gasteiger partial charge in [0, 0.05) is 12.5 Å². The van der Waals surface area contributed by atoms with Gasteiger partial charge < -0.3 is 21.1 Å². The van der Waals surface area contributed by atoms with Crippen molar-refractivity contribution < 1.29 is 15.3 Å². The smallest absolute Gasteiger partial charge is 0.119 e. The Kier molecular flexibility index (Phi) is 5.82. The van der Waals surface area contributed by atoms with Gasteiger partial charge in [-0.3, -0.25) is 0 Å². The van der Waals surface area contributed by atoms with Gasteiger partial charge in [0.05, 0.1) is 12.1 Å². The van der Waals surface area contributed by atoms with Crippen molar-refractivity contribution in [2.24, 2.45) is 5.73 Å². The van der Waals surface area contributed by atoms with Crippen LogP contribution in [0.25, 0.3) is 0 Å². The van der Waals surface area contributed by atoms with E-state index in [2.05, 4.69) is 0 Å². The maximum atomic E-state index is 10.1. The summed E-state index contributed by atoms with van der Waals surface area (Å²) in [4.78, 5) is 0. The predicted molar refractivity (Wildman–Crippen MR) is 80.1 cm³/mol. The van der Waals surface area contributed by atoms with Crippen LogP contribution in [0.15, 0.2) is 48.5 Å². The molecule has 2 rings (SSSR count). The molecule has 2 aromatic rings. The Bertz CT molecular complexity index is 528. The first-order valence-electron chi connectivity index (χ1n) is 6.07. The second-order valence-electron chi connectivity index (χ2n) is 4.57. The molecule has 0 fully saturated rings. The lowest BCUT2D eigenvalue weighted by molar-refractivity contribution is 0.145. The minimum Gasteiger partial charge on any atom is -0.508 e. The molecule has 4 nitrogen and oxygen atoms in total. The summed E-state index contributed by atoms with van der Waals surface area (Å²) in [7, 11) is 0. The maximum Gasteiger partial charge on any atom is 0.119 e. The number of aliphatic hydroxyl groups excluding tert-OH is 1. The number of phenolic OH excluding ortho intramolecular Hbond substituents is 2. The van der Waals surface area contributed by atoms with Crippen LogP contribution in [0, 0.1) is 0 Å². The van der Waals surface area contributed by atoms with Gasteiger partial charge in [0.15, 0.2) is 0 Å². The van der Waals surface area contributed by atoms with Gasteiger partial charge in [0.1, 0.15) is 11.5 Å². The summed E-state index contributed by atoms with van der Waals surface area (Å²) in [6, 6.07) is 13.0. The highest BCUT2D eigenvalue weighted by Gasteiger charge is 2.18. The highest BCUT2D eigenvalue weighted by atomic mass is 35.5. The number of rotatable bonds is 4. The lowest BCUT2D eigenvalue weighted by Crippen LogP contribution is -2.28. The number of benzene rings is 2. The van der Waals surface area contributed by atoms with Crippen molar-refractivity contribution in [3.63, 3.8) is 0 Å². The van der Waals surface area contributed by atoms with Gasteiger partial charge in [-0.25, -0.2) is 0 Å². The monoisotopic (exact) mass is 295 g/mol. The summed E-state index contributed by atoms with van der Waals surface area (Å²) in [5.74, 6) is -0.144. The molecule has 0 aliphatic rings. The Morgan fingerprint density at radius 1 is 0.950 bits per heavy atom. The molecule has 0 aliphatic heterocycles. The van der Waals surface area contributed by atoms with E-state index in [0.29, 0.717) is 12.0 Å². The van der Waals surface area contributed by atoms with Crippen LogP contribution in [0.1, 0.15) is 17.2 Å². The lowest BCUT2D eigenvalue weighted by atomic mass is 9.96. The maximum absolute atomic E-state index is 10.1. The second kappa shape index (κ2) is 7.14. The van der Waals surface area contributed by atoms with Crippen LogP contribution >= 0.6 is 12.4 Å². The second-order valence-corrected chi connectivity index (χ2v) is 4.57. The van der Waals surface area contributed by atoms with Crippen LogP contribution in [0.3, 0.4) is 0 Å². The molecule has 0 radical (unpaired) electrons. The number of hydrogen-bond donors (Lipinski definition) is 4. The van der Waals surface area contributed by atoms with E-state index in [9.17, 15) is 15.3 Å². The third kappa shape index (κ3) is 4.13.